The van der Waals surface area contributed by atoms with Gasteiger partial charge in [-0.25, -0.2) is 4.79 Å². The maximum atomic E-state index is 13.5. The number of fused-ring (bicyclic) bond motifs is 2. The maximum absolute atomic E-state index is 13.5. The molecule has 6 heteroatoms. The first-order valence-electron chi connectivity index (χ1n) is 10.5. The highest BCUT2D eigenvalue weighted by atomic mass is 16.4. The highest BCUT2D eigenvalue weighted by Crippen LogP contribution is 2.37. The summed E-state index contributed by atoms with van der Waals surface area (Å²) in [6.45, 7) is 7.02. The molecule has 2 aromatic carbocycles. The molecule has 0 aliphatic heterocycles. The van der Waals surface area contributed by atoms with Gasteiger partial charge in [0.2, 0.25) is 0 Å². The van der Waals surface area contributed by atoms with E-state index < -0.39 is 5.97 Å². The van der Waals surface area contributed by atoms with Crippen molar-refractivity contribution in [3.8, 4) is 0 Å². The Morgan fingerprint density at radius 1 is 0.900 bits per heavy atom. The molecule has 0 heterocycles. The summed E-state index contributed by atoms with van der Waals surface area (Å²) in [7, 11) is 0. The molecule has 2 aromatic rings. The molecule has 0 spiro atoms. The van der Waals surface area contributed by atoms with Gasteiger partial charge in [-0.1, -0.05) is 38.8 Å². The van der Waals surface area contributed by atoms with Gasteiger partial charge in [-0.15, -0.1) is 0 Å². The Morgan fingerprint density at radius 2 is 1.53 bits per heavy atom. The van der Waals surface area contributed by atoms with Gasteiger partial charge in [-0.3, -0.25) is 9.59 Å². The van der Waals surface area contributed by atoms with Crippen LogP contribution in [0.4, 0.5) is 11.4 Å². The molecule has 3 N–H and O–H groups in total. The zero-order chi connectivity index (χ0) is 21.8. The number of carboxylic acid groups (broad SMARTS) is 1. The molecule has 0 bridgehead atoms. The molecule has 0 saturated carbocycles. The summed E-state index contributed by atoms with van der Waals surface area (Å²) in [5, 5.41) is 16.2. The summed E-state index contributed by atoms with van der Waals surface area (Å²) < 4.78 is 0. The molecule has 1 aliphatic rings. The monoisotopic (exact) mass is 408 g/mol. The number of hydrogen-bond donors (Lipinski definition) is 3. The van der Waals surface area contributed by atoms with Crippen LogP contribution in [0, 0.1) is 6.92 Å². The second kappa shape index (κ2) is 9.11. The summed E-state index contributed by atoms with van der Waals surface area (Å²) in [5.41, 5.74) is 2.52. The summed E-state index contributed by atoms with van der Waals surface area (Å²) in [6.07, 6.45) is 3.78. The third-order valence-electron chi connectivity index (χ3n) is 5.49. The van der Waals surface area contributed by atoms with E-state index in [0.29, 0.717) is 41.2 Å². The van der Waals surface area contributed by atoms with E-state index in [-0.39, 0.29) is 28.3 Å². The lowest BCUT2D eigenvalue weighted by Gasteiger charge is -2.24. The lowest BCUT2D eigenvalue weighted by molar-refractivity contribution is 0.0696. The molecule has 1 aliphatic carbocycles. The van der Waals surface area contributed by atoms with Crippen molar-refractivity contribution in [3.63, 3.8) is 0 Å². The fraction of sp³-hybridized carbons (Fsp3) is 0.375. The normalized spacial score (nSPS) is 12.4. The van der Waals surface area contributed by atoms with Crippen molar-refractivity contribution in [2.45, 2.75) is 46.5 Å². The molecule has 0 fully saturated rings. The van der Waals surface area contributed by atoms with Crippen molar-refractivity contribution in [3.05, 3.63) is 57.6 Å². The maximum Gasteiger partial charge on any atom is 0.338 e. The number of rotatable bonds is 9. The van der Waals surface area contributed by atoms with Crippen LogP contribution in [0.25, 0.3) is 0 Å². The molecule has 0 atom stereocenters. The molecule has 158 valence electrons. The van der Waals surface area contributed by atoms with Crippen LogP contribution < -0.4 is 10.6 Å². The Bertz CT molecular complexity index is 1010. The molecular formula is C24H28N2O4. The first kappa shape index (κ1) is 21.6. The van der Waals surface area contributed by atoms with E-state index in [9.17, 15) is 19.5 Å². The quantitative estimate of drug-likeness (QED) is 0.436. The molecule has 0 radical (unpaired) electrons. The second-order valence-electron chi connectivity index (χ2n) is 7.60. The number of aromatic carboxylic acids is 1. The van der Waals surface area contributed by atoms with Gasteiger partial charge >= 0.3 is 5.97 Å². The Balaban J connectivity index is 2.14. The molecule has 0 aromatic heterocycles. The average Bonchev–Trinajstić information content (AvgIpc) is 2.71. The van der Waals surface area contributed by atoms with E-state index in [1.165, 1.54) is 6.07 Å². The first-order chi connectivity index (χ1) is 14.4. The van der Waals surface area contributed by atoms with E-state index in [4.69, 9.17) is 0 Å². The number of carbonyl (C=O) groups is 3. The van der Waals surface area contributed by atoms with Gasteiger partial charge < -0.3 is 15.7 Å². The van der Waals surface area contributed by atoms with E-state index >= 15 is 0 Å². The summed E-state index contributed by atoms with van der Waals surface area (Å²) in [6, 6.07) is 6.75. The second-order valence-corrected chi connectivity index (χ2v) is 7.60. The number of nitrogens with one attached hydrogen (secondary N) is 2. The number of ketones is 2. The van der Waals surface area contributed by atoms with Crippen LogP contribution in [0.1, 0.15) is 87.3 Å². The van der Waals surface area contributed by atoms with Crippen molar-refractivity contribution >= 4 is 28.9 Å². The zero-order valence-electron chi connectivity index (χ0n) is 17.7. The number of benzene rings is 2. The van der Waals surface area contributed by atoms with Crippen LogP contribution in [0.15, 0.2) is 24.3 Å². The van der Waals surface area contributed by atoms with Gasteiger partial charge in [-0.05, 0) is 37.5 Å². The number of carbonyl (C=O) groups excluding carboxylic acids is 2. The topological polar surface area (TPSA) is 95.5 Å². The Hall–Kier alpha value is -3.15. The average molecular weight is 408 g/mol. The van der Waals surface area contributed by atoms with Crippen molar-refractivity contribution in [1.29, 1.82) is 0 Å². The lowest BCUT2D eigenvalue weighted by atomic mass is 9.79. The van der Waals surface area contributed by atoms with Crippen LogP contribution in [-0.4, -0.2) is 35.7 Å². The van der Waals surface area contributed by atoms with Crippen molar-refractivity contribution in [2.75, 3.05) is 23.7 Å². The predicted octanol–water partition coefficient (Wildman–Crippen LogP) is 4.89. The van der Waals surface area contributed by atoms with Crippen LogP contribution in [-0.2, 0) is 0 Å². The highest BCUT2D eigenvalue weighted by Gasteiger charge is 2.35. The highest BCUT2D eigenvalue weighted by molar-refractivity contribution is 6.31. The lowest BCUT2D eigenvalue weighted by Crippen LogP contribution is -2.26. The third kappa shape index (κ3) is 3.82. The van der Waals surface area contributed by atoms with Gasteiger partial charge in [0.25, 0.3) is 0 Å². The smallest absolute Gasteiger partial charge is 0.338 e. The van der Waals surface area contributed by atoms with Crippen LogP contribution in [0.2, 0.25) is 0 Å². The van der Waals surface area contributed by atoms with Gasteiger partial charge in [-0.2, -0.15) is 0 Å². The third-order valence-corrected chi connectivity index (χ3v) is 5.49. The van der Waals surface area contributed by atoms with Crippen LogP contribution in [0.3, 0.4) is 0 Å². The molecule has 6 nitrogen and oxygen atoms in total. The Morgan fingerprint density at radius 3 is 2.13 bits per heavy atom. The number of hydrogen-bond acceptors (Lipinski definition) is 5. The molecule has 0 unspecified atom stereocenters. The van der Waals surface area contributed by atoms with Crippen LogP contribution >= 0.6 is 0 Å². The van der Waals surface area contributed by atoms with E-state index in [0.717, 1.165) is 25.7 Å². The summed E-state index contributed by atoms with van der Waals surface area (Å²) >= 11 is 0. The predicted molar refractivity (Wildman–Crippen MR) is 118 cm³/mol. The largest absolute Gasteiger partial charge is 0.478 e. The fourth-order valence-corrected chi connectivity index (χ4v) is 3.91. The van der Waals surface area contributed by atoms with Crippen LogP contribution in [0.5, 0.6) is 0 Å². The van der Waals surface area contributed by atoms with Crippen molar-refractivity contribution in [2.24, 2.45) is 0 Å². The first-order valence-corrected chi connectivity index (χ1v) is 10.5. The van der Waals surface area contributed by atoms with Gasteiger partial charge in [0.1, 0.15) is 0 Å². The van der Waals surface area contributed by atoms with E-state index in [1.54, 1.807) is 25.1 Å². The molecule has 0 saturated heterocycles. The molecule has 0 amide bonds. The van der Waals surface area contributed by atoms with Gasteiger partial charge in [0.15, 0.2) is 11.6 Å². The van der Waals surface area contributed by atoms with Crippen molar-refractivity contribution < 1.29 is 19.5 Å². The number of carboxylic acids is 1. The summed E-state index contributed by atoms with van der Waals surface area (Å²) in [4.78, 5) is 38.8. The SMILES string of the molecule is CCCCNc1cccc2c1C(=O)c1c(cc(NCCCC)c(C(=O)O)c1C)C2=O. The number of anilines is 2. The molecule has 3 rings (SSSR count). The molecule has 30 heavy (non-hydrogen) atoms. The standard InChI is InChI=1S/C24H28N2O4/c1-4-6-11-25-17-10-8-9-15-21(17)23(28)19-14(3)20(24(29)30)18(26-12-7-5-2)13-16(19)22(15)27/h8-10,13,25-26H,4-7,11-12H2,1-3H3,(H,29,30). The van der Waals surface area contributed by atoms with Crippen molar-refractivity contribution in [1.82, 2.24) is 0 Å². The zero-order valence-corrected chi connectivity index (χ0v) is 17.7. The minimum atomic E-state index is -1.12. The number of unbranched alkanes of at least 4 members (excludes halogenated alkanes) is 2. The Labute approximate surface area is 176 Å². The van der Waals surface area contributed by atoms with E-state index in [2.05, 4.69) is 17.6 Å². The Kier molecular flexibility index (Phi) is 6.55. The van der Waals surface area contributed by atoms with Gasteiger partial charge in [0.05, 0.1) is 11.1 Å². The van der Waals surface area contributed by atoms with E-state index in [1.807, 2.05) is 6.92 Å². The molecular weight excluding hydrogens is 380 g/mol. The summed E-state index contributed by atoms with van der Waals surface area (Å²) in [5.74, 6) is -1.67. The minimum Gasteiger partial charge on any atom is -0.478 e. The van der Waals surface area contributed by atoms with Gasteiger partial charge in [0, 0.05) is 41.2 Å². The minimum absolute atomic E-state index is 0.0471. The fourth-order valence-electron chi connectivity index (χ4n) is 3.91.